The summed E-state index contributed by atoms with van der Waals surface area (Å²) in [5.74, 6) is -9.11. The minimum Gasteiger partial charge on any atom is -0.389 e. The molecule has 0 amide bonds. The predicted octanol–water partition coefficient (Wildman–Crippen LogP) is 1.91. The fraction of sp³-hybridized carbons (Fsp3) is 0.875. The third kappa shape index (κ3) is 1.84. The summed E-state index contributed by atoms with van der Waals surface area (Å²) < 4.78 is 61.7. The Balaban J connectivity index is 3.11. The molecule has 0 spiro atoms. The van der Waals surface area contributed by atoms with Crippen LogP contribution in [0.1, 0.15) is 19.8 Å². The lowest BCUT2D eigenvalue weighted by molar-refractivity contribution is -0.311. The van der Waals surface area contributed by atoms with Gasteiger partial charge in [0.1, 0.15) is 11.7 Å². The fourth-order valence-electron chi connectivity index (χ4n) is 1.77. The highest BCUT2D eigenvalue weighted by atomic mass is 19.4. The van der Waals surface area contributed by atoms with Gasteiger partial charge in [-0.05, 0) is 13.3 Å². The van der Waals surface area contributed by atoms with Gasteiger partial charge in [-0.3, -0.25) is 4.79 Å². The van der Waals surface area contributed by atoms with Crippen molar-refractivity contribution in [1.29, 1.82) is 0 Å². The lowest BCUT2D eigenvalue weighted by Crippen LogP contribution is -2.53. The van der Waals surface area contributed by atoms with Crippen molar-refractivity contribution in [3.63, 3.8) is 0 Å². The lowest BCUT2D eigenvalue weighted by Gasteiger charge is -2.32. The molecule has 0 aromatic rings. The zero-order valence-electron chi connectivity index (χ0n) is 7.74. The van der Waals surface area contributed by atoms with Crippen LogP contribution >= 0.6 is 0 Å². The summed E-state index contributed by atoms with van der Waals surface area (Å²) in [5, 5.41) is 9.32. The number of halogens is 5. The van der Waals surface area contributed by atoms with Crippen LogP contribution in [-0.4, -0.2) is 28.6 Å². The summed E-state index contributed by atoms with van der Waals surface area (Å²) in [5.41, 5.74) is -2.30. The molecule has 1 aliphatic rings. The Morgan fingerprint density at radius 1 is 1.33 bits per heavy atom. The number of Topliss-reactive ketones (excluding diaryl/α,β-unsaturated/α-hetero) is 1. The Kier molecular flexibility index (Phi) is 2.58. The lowest BCUT2D eigenvalue weighted by atomic mass is 9.86. The molecule has 15 heavy (non-hydrogen) atoms. The maximum absolute atomic E-state index is 12.9. The van der Waals surface area contributed by atoms with Crippen molar-refractivity contribution in [3.05, 3.63) is 0 Å². The van der Waals surface area contributed by atoms with Crippen LogP contribution in [0.2, 0.25) is 0 Å². The first-order chi connectivity index (χ1) is 6.50. The number of ketones is 1. The highest BCUT2D eigenvalue weighted by Crippen LogP contribution is 2.49. The summed E-state index contributed by atoms with van der Waals surface area (Å²) >= 11 is 0. The van der Waals surface area contributed by atoms with Gasteiger partial charge in [0.25, 0.3) is 0 Å². The second kappa shape index (κ2) is 3.13. The van der Waals surface area contributed by atoms with Crippen LogP contribution in [0.4, 0.5) is 22.0 Å². The molecular weight excluding hydrogens is 223 g/mol. The number of carbonyl (C=O) groups excluding carboxylic acids is 1. The number of hydrogen-bond acceptors (Lipinski definition) is 2. The third-order valence-electron chi connectivity index (χ3n) is 2.56. The minimum absolute atomic E-state index is 0.373. The Bertz CT molecular complexity index is 281. The maximum atomic E-state index is 12.9. The SMILES string of the molecule is CC1(O)CCC(=O)C1C(F)(F)C(F)(F)F. The molecule has 0 heterocycles. The molecule has 0 aliphatic heterocycles. The van der Waals surface area contributed by atoms with Crippen LogP contribution in [0, 0.1) is 5.92 Å². The Morgan fingerprint density at radius 3 is 2.07 bits per heavy atom. The molecular formula is C8H9F5O2. The quantitative estimate of drug-likeness (QED) is 0.701. The van der Waals surface area contributed by atoms with Gasteiger partial charge in [-0.2, -0.15) is 22.0 Å². The molecule has 7 heteroatoms. The molecule has 1 saturated carbocycles. The van der Waals surface area contributed by atoms with Crippen LogP contribution in [0.15, 0.2) is 0 Å². The summed E-state index contributed by atoms with van der Waals surface area (Å²) in [6, 6.07) is 0. The fourth-order valence-corrected chi connectivity index (χ4v) is 1.77. The molecule has 0 aromatic carbocycles. The van der Waals surface area contributed by atoms with Gasteiger partial charge in [-0.15, -0.1) is 0 Å². The van der Waals surface area contributed by atoms with E-state index in [0.717, 1.165) is 6.92 Å². The number of alkyl halides is 5. The van der Waals surface area contributed by atoms with Gasteiger partial charge in [0.05, 0.1) is 5.60 Å². The van der Waals surface area contributed by atoms with Crippen molar-refractivity contribution in [3.8, 4) is 0 Å². The van der Waals surface area contributed by atoms with Crippen LogP contribution in [0.25, 0.3) is 0 Å². The van der Waals surface area contributed by atoms with Crippen molar-refractivity contribution in [1.82, 2.24) is 0 Å². The standard InChI is InChI=1S/C8H9F5O2/c1-6(15)3-2-4(14)5(6)7(9,10)8(11,12)13/h5,15H,2-3H2,1H3. The van der Waals surface area contributed by atoms with E-state index in [1.54, 1.807) is 0 Å². The Labute approximate surface area is 82.1 Å². The van der Waals surface area contributed by atoms with Crippen molar-refractivity contribution in [2.75, 3.05) is 0 Å². The molecule has 0 radical (unpaired) electrons. The van der Waals surface area contributed by atoms with Gasteiger partial charge in [-0.1, -0.05) is 0 Å². The smallest absolute Gasteiger partial charge is 0.389 e. The Morgan fingerprint density at radius 2 is 1.80 bits per heavy atom. The molecule has 1 fully saturated rings. The summed E-state index contributed by atoms with van der Waals surface area (Å²) in [6.07, 6.45) is -6.65. The molecule has 1 aliphatic carbocycles. The average Bonchev–Trinajstić information content (AvgIpc) is 2.23. The first-order valence-electron chi connectivity index (χ1n) is 4.20. The van der Waals surface area contributed by atoms with E-state index in [1.807, 2.05) is 0 Å². The molecule has 2 nitrogen and oxygen atoms in total. The highest BCUT2D eigenvalue weighted by Gasteiger charge is 2.70. The topological polar surface area (TPSA) is 37.3 Å². The number of rotatable bonds is 1. The van der Waals surface area contributed by atoms with E-state index in [-0.39, 0.29) is 6.42 Å². The summed E-state index contributed by atoms with van der Waals surface area (Å²) in [6.45, 7) is 0.822. The maximum Gasteiger partial charge on any atom is 0.454 e. The van der Waals surface area contributed by atoms with Crippen LogP contribution in [0.3, 0.4) is 0 Å². The van der Waals surface area contributed by atoms with Crippen LogP contribution in [-0.2, 0) is 4.79 Å². The molecule has 88 valence electrons. The average molecular weight is 232 g/mol. The van der Waals surface area contributed by atoms with Gasteiger partial charge in [0.2, 0.25) is 0 Å². The van der Waals surface area contributed by atoms with Gasteiger partial charge in [0, 0.05) is 6.42 Å². The van der Waals surface area contributed by atoms with E-state index in [1.165, 1.54) is 0 Å². The van der Waals surface area contributed by atoms with Crippen LogP contribution < -0.4 is 0 Å². The minimum atomic E-state index is -5.82. The predicted molar refractivity (Wildman–Crippen MR) is 39.4 cm³/mol. The first-order valence-corrected chi connectivity index (χ1v) is 4.20. The van der Waals surface area contributed by atoms with Crippen molar-refractivity contribution in [2.24, 2.45) is 5.92 Å². The van der Waals surface area contributed by atoms with Gasteiger partial charge in [0.15, 0.2) is 0 Å². The van der Waals surface area contributed by atoms with Gasteiger partial charge in [-0.25, -0.2) is 0 Å². The number of aliphatic hydroxyl groups is 1. The van der Waals surface area contributed by atoms with E-state index in [2.05, 4.69) is 0 Å². The normalized spacial score (nSPS) is 33.5. The van der Waals surface area contributed by atoms with E-state index < -0.39 is 35.8 Å². The number of carbonyl (C=O) groups is 1. The second-order valence-electron chi connectivity index (χ2n) is 3.88. The van der Waals surface area contributed by atoms with E-state index in [9.17, 15) is 31.9 Å². The van der Waals surface area contributed by atoms with E-state index in [4.69, 9.17) is 0 Å². The summed E-state index contributed by atoms with van der Waals surface area (Å²) in [4.78, 5) is 10.9. The molecule has 2 unspecified atom stereocenters. The van der Waals surface area contributed by atoms with Crippen molar-refractivity contribution in [2.45, 2.75) is 37.5 Å². The largest absolute Gasteiger partial charge is 0.454 e. The van der Waals surface area contributed by atoms with Crippen molar-refractivity contribution >= 4 is 5.78 Å². The van der Waals surface area contributed by atoms with Gasteiger partial charge < -0.3 is 5.11 Å². The molecule has 1 rings (SSSR count). The van der Waals surface area contributed by atoms with E-state index in [0.29, 0.717) is 0 Å². The zero-order valence-corrected chi connectivity index (χ0v) is 7.74. The molecule has 2 atom stereocenters. The second-order valence-corrected chi connectivity index (χ2v) is 3.88. The molecule has 0 saturated heterocycles. The highest BCUT2D eigenvalue weighted by molar-refractivity contribution is 5.85. The monoisotopic (exact) mass is 232 g/mol. The first kappa shape index (κ1) is 12.4. The summed E-state index contributed by atoms with van der Waals surface area (Å²) in [7, 11) is 0. The number of hydrogen-bond donors (Lipinski definition) is 1. The zero-order chi connectivity index (χ0) is 12.1. The molecule has 1 N–H and O–H groups in total. The van der Waals surface area contributed by atoms with Crippen LogP contribution in [0.5, 0.6) is 0 Å². The van der Waals surface area contributed by atoms with Crippen molar-refractivity contribution < 1.29 is 31.9 Å². The molecule has 0 bridgehead atoms. The third-order valence-corrected chi connectivity index (χ3v) is 2.56. The van der Waals surface area contributed by atoms with Gasteiger partial charge >= 0.3 is 12.1 Å². The van der Waals surface area contributed by atoms with E-state index >= 15 is 0 Å². The molecule has 0 aromatic heterocycles. The Hall–Kier alpha value is -0.720.